The second kappa shape index (κ2) is 24.1. The summed E-state index contributed by atoms with van der Waals surface area (Å²) >= 11 is 11.9. The summed E-state index contributed by atoms with van der Waals surface area (Å²) in [5.41, 5.74) is 0.527. The van der Waals surface area contributed by atoms with Gasteiger partial charge < -0.3 is 38.0 Å². The summed E-state index contributed by atoms with van der Waals surface area (Å²) in [5, 5.41) is 36.3. The molecule has 4 atom stereocenters. The first-order valence-electron chi connectivity index (χ1n) is 23.8. The number of aromatic nitrogens is 6. The molecule has 0 aliphatic rings. The molecule has 0 unspecified atom stereocenters. The molecule has 0 aliphatic heterocycles. The van der Waals surface area contributed by atoms with Gasteiger partial charge in [-0.3, -0.25) is 9.13 Å². The first-order chi connectivity index (χ1) is 37.6. The Morgan fingerprint density at radius 2 is 0.838 bits per heavy atom. The molecule has 0 spiro atoms. The predicted octanol–water partition coefficient (Wildman–Crippen LogP) is 7.89. The molecule has 4 heterocycles. The maximum Gasteiger partial charge on any atom is 0.204 e. The van der Waals surface area contributed by atoms with Crippen LogP contribution < -0.4 is 18.9 Å². The number of ether oxygens (including phenoxy) is 4. The van der Waals surface area contributed by atoms with Crippen molar-refractivity contribution in [1.82, 2.24) is 29.5 Å². The van der Waals surface area contributed by atoms with Crippen molar-refractivity contribution in [2.75, 3.05) is 41.0 Å². The normalized spacial score (nSPS) is 13.7. The summed E-state index contributed by atoms with van der Waals surface area (Å²) in [5.74, 6) is 2.34. The van der Waals surface area contributed by atoms with E-state index in [-0.39, 0.29) is 54.3 Å². The first kappa shape index (κ1) is 60.9. The number of rotatable bonds is 20. The molecule has 0 fully saturated rings. The van der Waals surface area contributed by atoms with Gasteiger partial charge in [0.15, 0.2) is 62.5 Å². The summed E-state index contributed by atoms with van der Waals surface area (Å²) < 4.78 is 141. The molecule has 0 saturated heterocycles. The van der Waals surface area contributed by atoms with E-state index < -0.39 is 73.6 Å². The quantitative estimate of drug-likeness (QED) is 0.0732. The number of hydrogen-bond donors (Lipinski definition) is 2. The summed E-state index contributed by atoms with van der Waals surface area (Å²) in [7, 11) is -10.2. The monoisotopic (exact) mass is 1220 g/mol. The topological polar surface area (TPSA) is 302 Å². The minimum absolute atomic E-state index is 0.00894. The highest BCUT2D eigenvalue weighted by Gasteiger charge is 2.37. The number of sulfone groups is 4. The molecule has 2 N–H and O–H groups in total. The van der Waals surface area contributed by atoms with Crippen molar-refractivity contribution in [3.05, 3.63) is 141 Å². The van der Waals surface area contributed by atoms with E-state index in [4.69, 9.17) is 51.0 Å². The number of nitrogens with zero attached hydrogens (tertiary/aromatic N) is 6. The largest absolute Gasteiger partial charge is 0.494 e. The predicted molar refractivity (Wildman–Crippen MR) is 297 cm³/mol. The summed E-state index contributed by atoms with van der Waals surface area (Å²) in [6, 6.07) is 24.7. The van der Waals surface area contributed by atoms with Crippen LogP contribution in [0.25, 0.3) is 34.5 Å². The van der Waals surface area contributed by atoms with Gasteiger partial charge in [0.1, 0.15) is 57.4 Å². The maximum atomic E-state index is 13.7. The van der Waals surface area contributed by atoms with Crippen LogP contribution in [0, 0.1) is 13.8 Å². The van der Waals surface area contributed by atoms with Gasteiger partial charge >= 0.3 is 0 Å². The number of aliphatic hydroxyl groups is 2. The number of halogens is 2. The van der Waals surface area contributed by atoms with Crippen LogP contribution in [-0.4, -0.2) is 125 Å². The molecule has 8 rings (SSSR count). The van der Waals surface area contributed by atoms with Crippen LogP contribution in [-0.2, 0) is 50.9 Å². The van der Waals surface area contributed by atoms with Crippen molar-refractivity contribution in [2.24, 2.45) is 0 Å². The van der Waals surface area contributed by atoms with E-state index in [0.29, 0.717) is 57.4 Å². The highest BCUT2D eigenvalue weighted by atomic mass is 35.5. The molecule has 28 heteroatoms. The van der Waals surface area contributed by atoms with Gasteiger partial charge in [-0.2, -0.15) is 0 Å². The zero-order chi connectivity index (χ0) is 58.8. The Kier molecular flexibility index (Phi) is 18.4. The van der Waals surface area contributed by atoms with Gasteiger partial charge in [-0.25, -0.2) is 33.7 Å². The molecule has 22 nitrogen and oxygen atoms in total. The molecule has 4 aromatic heterocycles. The zero-order valence-electron chi connectivity index (χ0n) is 44.6. The Bertz CT molecular complexity index is 3740. The van der Waals surface area contributed by atoms with E-state index in [1.54, 1.807) is 74.5 Å². The fourth-order valence-electron chi connectivity index (χ4n) is 8.49. The lowest BCUT2D eigenvalue weighted by molar-refractivity contribution is 0.172. The lowest BCUT2D eigenvalue weighted by atomic mass is 10.1. The minimum Gasteiger partial charge on any atom is -0.494 e. The smallest absolute Gasteiger partial charge is 0.204 e. The third kappa shape index (κ3) is 12.9. The van der Waals surface area contributed by atoms with Crippen LogP contribution in [0.3, 0.4) is 0 Å². The molecule has 428 valence electrons. The van der Waals surface area contributed by atoms with Crippen LogP contribution >= 0.6 is 23.2 Å². The van der Waals surface area contributed by atoms with Crippen molar-refractivity contribution >= 4 is 62.6 Å². The number of benzene rings is 4. The van der Waals surface area contributed by atoms with E-state index in [0.717, 1.165) is 12.5 Å². The number of aryl methyl sites for hydroxylation is 2. The van der Waals surface area contributed by atoms with Crippen molar-refractivity contribution in [2.45, 2.75) is 71.7 Å². The van der Waals surface area contributed by atoms with E-state index in [1.165, 1.54) is 87.8 Å². The number of hydrogen-bond acceptors (Lipinski definition) is 20. The second-order valence-electron chi connectivity index (χ2n) is 18.2. The van der Waals surface area contributed by atoms with Gasteiger partial charge in [-0.1, -0.05) is 47.5 Å². The highest BCUT2D eigenvalue weighted by molar-refractivity contribution is 7.92. The van der Waals surface area contributed by atoms with Crippen molar-refractivity contribution in [1.29, 1.82) is 0 Å². The van der Waals surface area contributed by atoms with E-state index >= 15 is 0 Å². The van der Waals surface area contributed by atoms with Gasteiger partial charge in [-0.05, 0) is 100 Å². The Morgan fingerprint density at radius 1 is 0.512 bits per heavy atom. The van der Waals surface area contributed by atoms with E-state index in [2.05, 4.69) is 20.4 Å². The molecule has 0 aliphatic carbocycles. The minimum atomic E-state index is -4.18. The highest BCUT2D eigenvalue weighted by Crippen LogP contribution is 2.40. The average Bonchev–Trinajstić information content (AvgIpc) is 4.25. The van der Waals surface area contributed by atoms with Gasteiger partial charge in [-0.15, -0.1) is 20.4 Å². The summed E-state index contributed by atoms with van der Waals surface area (Å²) in [6.07, 6.45) is -1.46. The van der Waals surface area contributed by atoms with E-state index in [9.17, 15) is 43.9 Å². The number of furan rings is 2. The van der Waals surface area contributed by atoms with Crippen LogP contribution in [0.1, 0.15) is 60.4 Å². The Morgan fingerprint density at radius 3 is 1.11 bits per heavy atom. The Balaban J connectivity index is 0.000000231. The van der Waals surface area contributed by atoms with Gasteiger partial charge in [0.25, 0.3) is 0 Å². The van der Waals surface area contributed by atoms with Crippen LogP contribution in [0.2, 0.25) is 10.0 Å². The van der Waals surface area contributed by atoms with Gasteiger partial charge in [0.05, 0.1) is 60.9 Å². The van der Waals surface area contributed by atoms with Crippen LogP contribution in [0.5, 0.6) is 23.0 Å². The molecular formula is C52H56Cl2N6O16S4. The Labute approximate surface area is 472 Å². The molecular weight excluding hydrogens is 1160 g/mol. The zero-order valence-corrected chi connectivity index (χ0v) is 49.4. The molecule has 0 bridgehead atoms. The van der Waals surface area contributed by atoms with Crippen molar-refractivity contribution in [3.8, 4) is 57.5 Å². The fraction of sp³-hybridized carbons (Fsp3) is 0.308. The van der Waals surface area contributed by atoms with Gasteiger partial charge in [0, 0.05) is 33.7 Å². The standard InChI is InChI=1S/2C26H28ClN3O8S2/c2*1-15-9-12-21(38-15)26-29-28-23(30(26)24-19(36-3)7-6-8-20(24)37-4)14-40(34,35)16(2)25(31)18-11-10-17(27)13-22(18)39(5,32)33/h2*6-13,16,25,31H,14H2,1-5H3/t2*16-,25-/m10/s1. The molecule has 8 aromatic rings. The third-order valence-corrected chi connectivity index (χ3v) is 19.6. The SMILES string of the molecule is COc1cccc(OC)c1-n1c(CS(=O)(=O)[C@@H](C)[C@H](O)c2ccc(Cl)cc2S(C)(=O)=O)nnc1-c1ccc(C)o1.COc1cccc(OC)c1-n1c(CS(=O)(=O)[C@H](C)[C@@H](O)c2ccc(Cl)cc2S(C)(=O)=O)nnc1-c1ccc(C)o1. The van der Waals surface area contributed by atoms with Crippen molar-refractivity contribution < 1.29 is 71.7 Å². The first-order valence-corrected chi connectivity index (χ1v) is 31.8. The molecule has 0 radical (unpaired) electrons. The molecule has 4 aromatic carbocycles. The molecule has 0 amide bonds. The van der Waals surface area contributed by atoms with Crippen LogP contribution in [0.15, 0.2) is 116 Å². The number of para-hydroxylation sites is 2. The number of aliphatic hydroxyl groups excluding tert-OH is 2. The third-order valence-electron chi connectivity index (χ3n) is 12.7. The Hall–Kier alpha value is -6.78. The fourth-order valence-corrected chi connectivity index (χ4v) is 13.6. The van der Waals surface area contributed by atoms with E-state index in [1.807, 2.05) is 0 Å². The summed E-state index contributed by atoms with van der Waals surface area (Å²) in [6.45, 7) is 6.09. The second-order valence-corrected chi connectivity index (χ2v) is 27.8. The van der Waals surface area contributed by atoms with Crippen LogP contribution in [0.4, 0.5) is 0 Å². The van der Waals surface area contributed by atoms with Crippen molar-refractivity contribution in [3.63, 3.8) is 0 Å². The maximum absolute atomic E-state index is 13.7. The molecule has 80 heavy (non-hydrogen) atoms. The lowest BCUT2D eigenvalue weighted by Crippen LogP contribution is -2.28. The average molecular weight is 1220 g/mol. The lowest BCUT2D eigenvalue weighted by Gasteiger charge is -2.22. The number of methoxy groups -OCH3 is 4. The van der Waals surface area contributed by atoms with Gasteiger partial charge in [0.2, 0.25) is 11.6 Å². The molecule has 0 saturated carbocycles. The summed E-state index contributed by atoms with van der Waals surface area (Å²) in [4.78, 5) is -0.515.